The van der Waals surface area contributed by atoms with Gasteiger partial charge in [-0.15, -0.1) is 0 Å². The number of nitriles is 1. The van der Waals surface area contributed by atoms with E-state index in [1.807, 2.05) is 6.07 Å². The summed E-state index contributed by atoms with van der Waals surface area (Å²) in [6.45, 7) is 2.04. The minimum Gasteiger partial charge on any atom is -0.482 e. The summed E-state index contributed by atoms with van der Waals surface area (Å²) in [6.07, 6.45) is 5.26. The maximum atomic E-state index is 12.1. The molecule has 4 atom stereocenters. The van der Waals surface area contributed by atoms with E-state index in [1.54, 1.807) is 12.1 Å². The third kappa shape index (κ3) is 3.61. The lowest BCUT2D eigenvalue weighted by Crippen LogP contribution is -2.42. The fourth-order valence-corrected chi connectivity index (χ4v) is 4.37. The molecule has 5 heteroatoms. The van der Waals surface area contributed by atoms with Gasteiger partial charge in [-0.05, 0) is 62.1 Å². The minimum absolute atomic E-state index is 0.0588. The van der Waals surface area contributed by atoms with Crippen molar-refractivity contribution in [3.63, 3.8) is 0 Å². The number of carbonyl (C=O) groups excluding carboxylic acids is 1. The minimum atomic E-state index is -0.124. The maximum absolute atomic E-state index is 12.1. The van der Waals surface area contributed by atoms with Crippen molar-refractivity contribution in [3.05, 3.63) is 28.8 Å². The van der Waals surface area contributed by atoms with E-state index in [4.69, 9.17) is 21.6 Å². The highest BCUT2D eigenvalue weighted by molar-refractivity contribution is 6.32. The molecule has 4 nitrogen and oxygen atoms in total. The summed E-state index contributed by atoms with van der Waals surface area (Å²) in [4.78, 5) is 12.1. The van der Waals surface area contributed by atoms with Crippen LogP contribution in [0.3, 0.4) is 0 Å². The van der Waals surface area contributed by atoms with Crippen LogP contribution in [0.4, 0.5) is 0 Å². The number of hydrogen-bond acceptors (Lipinski definition) is 3. The lowest BCUT2D eigenvalue weighted by atomic mass is 9.84. The van der Waals surface area contributed by atoms with Gasteiger partial charge in [-0.3, -0.25) is 4.79 Å². The first kappa shape index (κ1) is 16.1. The van der Waals surface area contributed by atoms with Gasteiger partial charge in [0.2, 0.25) is 0 Å². The predicted octanol–water partition coefficient (Wildman–Crippen LogP) is 3.53. The predicted molar refractivity (Wildman–Crippen MR) is 88.2 cm³/mol. The Hall–Kier alpha value is -1.73. The monoisotopic (exact) mass is 332 g/mol. The van der Waals surface area contributed by atoms with Gasteiger partial charge < -0.3 is 10.1 Å². The molecular formula is C18H21ClN2O2. The maximum Gasteiger partial charge on any atom is 0.258 e. The second-order valence-electron chi connectivity index (χ2n) is 6.74. The number of carbonyl (C=O) groups is 1. The molecule has 1 aromatic rings. The van der Waals surface area contributed by atoms with Crippen molar-refractivity contribution < 1.29 is 9.53 Å². The molecule has 0 spiro atoms. The fraction of sp³-hybridized carbons (Fsp3) is 0.556. The molecule has 0 heterocycles. The molecule has 0 aliphatic heterocycles. The smallest absolute Gasteiger partial charge is 0.258 e. The number of halogens is 1. The van der Waals surface area contributed by atoms with Crippen LogP contribution in [0.15, 0.2) is 18.2 Å². The Bertz CT molecular complexity index is 640. The molecule has 0 aromatic heterocycles. The van der Waals surface area contributed by atoms with Gasteiger partial charge in [0.15, 0.2) is 6.61 Å². The van der Waals surface area contributed by atoms with Crippen LogP contribution >= 0.6 is 11.6 Å². The Morgan fingerprint density at radius 3 is 2.91 bits per heavy atom. The lowest BCUT2D eigenvalue weighted by molar-refractivity contribution is -0.124. The van der Waals surface area contributed by atoms with Crippen LogP contribution in [0.25, 0.3) is 0 Å². The van der Waals surface area contributed by atoms with Crippen molar-refractivity contribution in [2.75, 3.05) is 6.61 Å². The molecule has 2 saturated carbocycles. The Labute approximate surface area is 141 Å². The quantitative estimate of drug-likeness (QED) is 0.897. The fourth-order valence-electron chi connectivity index (χ4n) is 4.14. The average molecular weight is 333 g/mol. The van der Waals surface area contributed by atoms with Gasteiger partial charge >= 0.3 is 0 Å². The van der Waals surface area contributed by atoms with Crippen LogP contribution in [-0.2, 0) is 4.79 Å². The highest BCUT2D eigenvalue weighted by Gasteiger charge is 2.42. The summed E-state index contributed by atoms with van der Waals surface area (Å²) >= 11 is 6.04. The van der Waals surface area contributed by atoms with Gasteiger partial charge in [-0.2, -0.15) is 5.26 Å². The van der Waals surface area contributed by atoms with Gasteiger partial charge in [-0.25, -0.2) is 0 Å². The van der Waals surface area contributed by atoms with E-state index in [9.17, 15) is 4.79 Å². The Morgan fingerprint density at radius 1 is 1.48 bits per heavy atom. The summed E-state index contributed by atoms with van der Waals surface area (Å²) in [5, 5.41) is 12.2. The van der Waals surface area contributed by atoms with Crippen LogP contribution in [0.2, 0.25) is 5.02 Å². The standard InChI is InChI=1S/C18H21ClN2O2/c1-11(15-7-12-2-4-14(15)6-12)21-18(22)10-23-17-5-3-13(9-20)8-16(17)19/h3,5,8,11-12,14-15H,2,4,6-7,10H2,1H3,(H,21,22)/t11-,12-,14-,15+/m0/s1. The highest BCUT2D eigenvalue weighted by atomic mass is 35.5. The molecule has 1 amide bonds. The largest absolute Gasteiger partial charge is 0.482 e. The number of nitrogens with zero attached hydrogens (tertiary/aromatic N) is 1. The number of rotatable bonds is 5. The molecule has 0 unspecified atom stereocenters. The van der Waals surface area contributed by atoms with E-state index in [0.29, 0.717) is 22.3 Å². The molecule has 0 saturated heterocycles. The molecule has 3 rings (SSSR count). The summed E-state index contributed by atoms with van der Waals surface area (Å²) in [6, 6.07) is 6.98. The zero-order valence-corrected chi connectivity index (χ0v) is 14.0. The number of fused-ring (bicyclic) bond motifs is 2. The number of amides is 1. The number of benzene rings is 1. The van der Waals surface area contributed by atoms with E-state index >= 15 is 0 Å². The molecule has 2 bridgehead atoms. The summed E-state index contributed by atoms with van der Waals surface area (Å²) in [5.74, 6) is 2.56. The van der Waals surface area contributed by atoms with Gasteiger partial charge in [0.1, 0.15) is 5.75 Å². The zero-order valence-electron chi connectivity index (χ0n) is 13.2. The SMILES string of the molecule is C[C@H](NC(=O)COc1ccc(C#N)cc1Cl)[C@H]1C[C@H]2CC[C@H]1C2. The van der Waals surface area contributed by atoms with Crippen LogP contribution in [0, 0.1) is 29.1 Å². The highest BCUT2D eigenvalue weighted by Crippen LogP contribution is 2.49. The van der Waals surface area contributed by atoms with Crippen molar-refractivity contribution in [2.45, 2.75) is 38.6 Å². The molecule has 1 aromatic carbocycles. The second kappa shape index (κ2) is 6.80. The topological polar surface area (TPSA) is 62.1 Å². The number of nitrogens with one attached hydrogen (secondary N) is 1. The first-order valence-corrected chi connectivity index (χ1v) is 8.56. The van der Waals surface area contributed by atoms with E-state index in [-0.39, 0.29) is 18.6 Å². The third-order valence-electron chi connectivity index (χ3n) is 5.24. The van der Waals surface area contributed by atoms with Crippen molar-refractivity contribution in [3.8, 4) is 11.8 Å². The van der Waals surface area contributed by atoms with E-state index in [0.717, 1.165) is 11.8 Å². The number of hydrogen-bond donors (Lipinski definition) is 1. The van der Waals surface area contributed by atoms with Gasteiger partial charge in [-0.1, -0.05) is 18.0 Å². The van der Waals surface area contributed by atoms with E-state index in [2.05, 4.69) is 12.2 Å². The zero-order chi connectivity index (χ0) is 16.4. The first-order chi connectivity index (χ1) is 11.1. The van der Waals surface area contributed by atoms with Gasteiger partial charge in [0.05, 0.1) is 16.7 Å². The molecule has 2 aliphatic rings. The van der Waals surface area contributed by atoms with Crippen molar-refractivity contribution in [1.29, 1.82) is 5.26 Å². The van der Waals surface area contributed by atoms with E-state index < -0.39 is 0 Å². The van der Waals surface area contributed by atoms with Crippen molar-refractivity contribution in [2.24, 2.45) is 17.8 Å². The molecular weight excluding hydrogens is 312 g/mol. The first-order valence-electron chi connectivity index (χ1n) is 8.18. The van der Waals surface area contributed by atoms with Crippen LogP contribution < -0.4 is 10.1 Å². The average Bonchev–Trinajstić information content (AvgIpc) is 3.16. The normalized spacial score (nSPS) is 26.6. The Balaban J connectivity index is 1.49. The third-order valence-corrected chi connectivity index (χ3v) is 5.54. The second-order valence-corrected chi connectivity index (χ2v) is 7.15. The molecule has 2 aliphatic carbocycles. The molecule has 122 valence electrons. The Morgan fingerprint density at radius 2 is 2.30 bits per heavy atom. The van der Waals surface area contributed by atoms with Crippen LogP contribution in [0.5, 0.6) is 5.75 Å². The summed E-state index contributed by atoms with van der Waals surface area (Å²) in [5.41, 5.74) is 0.469. The number of ether oxygens (including phenoxy) is 1. The molecule has 23 heavy (non-hydrogen) atoms. The molecule has 1 N–H and O–H groups in total. The van der Waals surface area contributed by atoms with Crippen molar-refractivity contribution >= 4 is 17.5 Å². The van der Waals surface area contributed by atoms with Gasteiger partial charge in [0, 0.05) is 6.04 Å². The van der Waals surface area contributed by atoms with Crippen LogP contribution in [0.1, 0.15) is 38.2 Å². The molecule has 0 radical (unpaired) electrons. The summed E-state index contributed by atoms with van der Waals surface area (Å²) in [7, 11) is 0. The lowest BCUT2D eigenvalue weighted by Gasteiger charge is -2.28. The van der Waals surface area contributed by atoms with E-state index in [1.165, 1.54) is 31.7 Å². The van der Waals surface area contributed by atoms with Gasteiger partial charge in [0.25, 0.3) is 5.91 Å². The van der Waals surface area contributed by atoms with Crippen LogP contribution in [-0.4, -0.2) is 18.6 Å². The molecule has 2 fully saturated rings. The summed E-state index contributed by atoms with van der Waals surface area (Å²) < 4.78 is 5.47. The van der Waals surface area contributed by atoms with Crippen molar-refractivity contribution in [1.82, 2.24) is 5.32 Å². The Kier molecular flexibility index (Phi) is 4.77.